The summed E-state index contributed by atoms with van der Waals surface area (Å²) in [6.45, 7) is 0.164. The Kier molecular flexibility index (Phi) is 3.61. The van der Waals surface area contributed by atoms with Gasteiger partial charge in [0.2, 0.25) is 0 Å². The maximum absolute atomic E-state index is 11.8. The highest BCUT2D eigenvalue weighted by molar-refractivity contribution is 6.30. The van der Waals surface area contributed by atoms with Crippen molar-refractivity contribution in [2.75, 3.05) is 6.54 Å². The number of carboxylic acids is 1. The molecule has 1 aromatic heterocycles. The number of aromatic amines is 1. The predicted molar refractivity (Wildman–Crippen MR) is 66.7 cm³/mol. The number of carboxylic acid groups (broad SMARTS) is 1. The van der Waals surface area contributed by atoms with E-state index in [4.69, 9.17) is 11.6 Å². The van der Waals surface area contributed by atoms with Crippen LogP contribution in [0.1, 0.15) is 36.2 Å². The summed E-state index contributed by atoms with van der Waals surface area (Å²) in [5.41, 5.74) is -0.454. The van der Waals surface area contributed by atoms with Gasteiger partial charge >= 0.3 is 5.97 Å². The number of hydrogen-bond acceptors (Lipinski definition) is 2. The van der Waals surface area contributed by atoms with Crippen molar-refractivity contribution in [3.63, 3.8) is 0 Å². The molecule has 1 aliphatic rings. The van der Waals surface area contributed by atoms with Crippen molar-refractivity contribution in [3.8, 4) is 0 Å². The Morgan fingerprint density at radius 3 is 2.61 bits per heavy atom. The normalized spacial score (nSPS) is 17.6. The van der Waals surface area contributed by atoms with Crippen LogP contribution in [0.5, 0.6) is 0 Å². The largest absolute Gasteiger partial charge is 0.481 e. The summed E-state index contributed by atoms with van der Waals surface area (Å²) in [6.07, 6.45) is 4.55. The highest BCUT2D eigenvalue weighted by atomic mass is 35.5. The monoisotopic (exact) mass is 270 g/mol. The van der Waals surface area contributed by atoms with Gasteiger partial charge in [-0.15, -0.1) is 0 Å². The first-order valence-corrected chi connectivity index (χ1v) is 6.27. The van der Waals surface area contributed by atoms with Gasteiger partial charge in [0.1, 0.15) is 5.69 Å². The van der Waals surface area contributed by atoms with Gasteiger partial charge in [-0.3, -0.25) is 9.59 Å². The van der Waals surface area contributed by atoms with Gasteiger partial charge in [-0.1, -0.05) is 24.4 Å². The first kappa shape index (κ1) is 13.0. The molecule has 0 bridgehead atoms. The molecular formula is C12H15ClN2O3. The zero-order chi connectivity index (χ0) is 13.2. The number of aromatic nitrogens is 1. The molecule has 1 aromatic rings. The van der Waals surface area contributed by atoms with E-state index < -0.39 is 11.4 Å². The average Bonchev–Trinajstić information content (AvgIpc) is 2.95. The fraction of sp³-hybridized carbons (Fsp3) is 0.500. The minimum absolute atomic E-state index is 0.164. The maximum atomic E-state index is 11.8. The van der Waals surface area contributed by atoms with E-state index in [2.05, 4.69) is 10.3 Å². The number of nitrogens with one attached hydrogen (secondary N) is 2. The van der Waals surface area contributed by atoms with E-state index in [0.717, 1.165) is 12.8 Å². The highest BCUT2D eigenvalue weighted by Crippen LogP contribution is 2.37. The van der Waals surface area contributed by atoms with Gasteiger partial charge in [-0.2, -0.15) is 0 Å². The lowest BCUT2D eigenvalue weighted by atomic mass is 9.86. The van der Waals surface area contributed by atoms with Gasteiger partial charge < -0.3 is 15.4 Å². The van der Waals surface area contributed by atoms with Gasteiger partial charge in [-0.25, -0.2) is 0 Å². The average molecular weight is 271 g/mol. The summed E-state index contributed by atoms with van der Waals surface area (Å²) in [5.74, 6) is -1.15. The topological polar surface area (TPSA) is 82.2 Å². The summed E-state index contributed by atoms with van der Waals surface area (Å²) in [7, 11) is 0. The Labute approximate surface area is 110 Å². The second-order valence-electron chi connectivity index (χ2n) is 4.71. The molecular weight excluding hydrogens is 256 g/mol. The molecule has 98 valence electrons. The van der Waals surface area contributed by atoms with Gasteiger partial charge in [0.25, 0.3) is 5.91 Å². The number of aliphatic carboxylic acids is 1. The number of hydrogen-bond donors (Lipinski definition) is 3. The summed E-state index contributed by atoms with van der Waals surface area (Å²) in [5, 5.41) is 12.4. The molecule has 0 atom stereocenters. The van der Waals surface area contributed by atoms with Crippen LogP contribution in [0.4, 0.5) is 0 Å². The molecule has 1 aliphatic carbocycles. The lowest BCUT2D eigenvalue weighted by molar-refractivity contribution is -0.148. The molecule has 18 heavy (non-hydrogen) atoms. The molecule has 3 N–H and O–H groups in total. The first-order valence-electron chi connectivity index (χ1n) is 5.89. The number of carbonyl (C=O) groups is 2. The van der Waals surface area contributed by atoms with Crippen LogP contribution >= 0.6 is 11.6 Å². The molecule has 0 saturated heterocycles. The second-order valence-corrected chi connectivity index (χ2v) is 5.14. The van der Waals surface area contributed by atoms with Crippen LogP contribution in [0.15, 0.2) is 12.3 Å². The zero-order valence-electron chi connectivity index (χ0n) is 9.83. The van der Waals surface area contributed by atoms with Crippen molar-refractivity contribution >= 4 is 23.5 Å². The third kappa shape index (κ3) is 2.51. The molecule has 0 aliphatic heterocycles. The number of rotatable bonds is 4. The summed E-state index contributed by atoms with van der Waals surface area (Å²) < 4.78 is 0. The Morgan fingerprint density at radius 1 is 1.44 bits per heavy atom. The Hall–Kier alpha value is -1.49. The van der Waals surface area contributed by atoms with E-state index in [1.54, 1.807) is 0 Å². The van der Waals surface area contributed by atoms with Crippen LogP contribution in [0.3, 0.4) is 0 Å². The highest BCUT2D eigenvalue weighted by Gasteiger charge is 2.41. The minimum atomic E-state index is -0.829. The molecule has 5 nitrogen and oxygen atoms in total. The molecule has 0 unspecified atom stereocenters. The molecule has 1 heterocycles. The van der Waals surface area contributed by atoms with Crippen LogP contribution in [0, 0.1) is 5.41 Å². The van der Waals surface area contributed by atoms with E-state index in [0.29, 0.717) is 23.6 Å². The van der Waals surface area contributed by atoms with E-state index in [9.17, 15) is 14.7 Å². The molecule has 6 heteroatoms. The third-order valence-electron chi connectivity index (χ3n) is 3.49. The quantitative estimate of drug-likeness (QED) is 0.783. The molecule has 0 radical (unpaired) electrons. The fourth-order valence-corrected chi connectivity index (χ4v) is 2.53. The van der Waals surface area contributed by atoms with Crippen LogP contribution in [-0.2, 0) is 4.79 Å². The maximum Gasteiger partial charge on any atom is 0.311 e. The summed E-state index contributed by atoms with van der Waals surface area (Å²) in [4.78, 5) is 25.8. The molecule has 1 saturated carbocycles. The first-order chi connectivity index (χ1) is 8.53. The van der Waals surface area contributed by atoms with Crippen LogP contribution < -0.4 is 5.32 Å². The van der Waals surface area contributed by atoms with Gasteiger partial charge in [-0.05, 0) is 18.9 Å². The predicted octanol–water partition coefficient (Wildman–Crippen LogP) is 2.04. The van der Waals surface area contributed by atoms with Crippen LogP contribution in [0.2, 0.25) is 5.02 Å². The SMILES string of the molecule is O=C(NCC1(C(=O)O)CCCC1)c1cc(Cl)c[nH]1. The van der Waals surface area contributed by atoms with Gasteiger partial charge in [0.15, 0.2) is 0 Å². The van der Waals surface area contributed by atoms with Crippen molar-refractivity contribution in [2.45, 2.75) is 25.7 Å². The zero-order valence-corrected chi connectivity index (χ0v) is 10.6. The van der Waals surface area contributed by atoms with E-state index in [-0.39, 0.29) is 12.5 Å². The number of H-pyrrole nitrogens is 1. The van der Waals surface area contributed by atoms with Crippen molar-refractivity contribution in [2.24, 2.45) is 5.41 Å². The lowest BCUT2D eigenvalue weighted by Crippen LogP contribution is -2.41. The van der Waals surface area contributed by atoms with Gasteiger partial charge in [0, 0.05) is 12.7 Å². The Balaban J connectivity index is 1.98. The summed E-state index contributed by atoms with van der Waals surface area (Å²) >= 11 is 5.70. The molecule has 0 aromatic carbocycles. The fourth-order valence-electron chi connectivity index (χ4n) is 2.36. The van der Waals surface area contributed by atoms with Crippen molar-refractivity contribution < 1.29 is 14.7 Å². The van der Waals surface area contributed by atoms with E-state index >= 15 is 0 Å². The number of amides is 1. The van der Waals surface area contributed by atoms with E-state index in [1.165, 1.54) is 12.3 Å². The summed E-state index contributed by atoms with van der Waals surface area (Å²) in [6, 6.07) is 1.51. The number of halogens is 1. The molecule has 2 rings (SSSR count). The van der Waals surface area contributed by atoms with Crippen LogP contribution in [0.25, 0.3) is 0 Å². The number of carbonyl (C=O) groups excluding carboxylic acids is 1. The van der Waals surface area contributed by atoms with Crippen LogP contribution in [-0.4, -0.2) is 28.5 Å². The minimum Gasteiger partial charge on any atom is -0.481 e. The van der Waals surface area contributed by atoms with Crippen molar-refractivity contribution in [1.82, 2.24) is 10.3 Å². The third-order valence-corrected chi connectivity index (χ3v) is 3.71. The van der Waals surface area contributed by atoms with Crippen molar-refractivity contribution in [3.05, 3.63) is 23.0 Å². The Bertz CT molecular complexity index is 464. The lowest BCUT2D eigenvalue weighted by Gasteiger charge is -2.23. The Morgan fingerprint density at radius 2 is 2.11 bits per heavy atom. The van der Waals surface area contributed by atoms with Gasteiger partial charge in [0.05, 0.1) is 10.4 Å². The van der Waals surface area contributed by atoms with E-state index in [1.807, 2.05) is 0 Å². The smallest absolute Gasteiger partial charge is 0.311 e. The standard InChI is InChI=1S/C12H15ClN2O3/c13-8-5-9(14-6-8)10(16)15-7-12(11(17)18)3-1-2-4-12/h5-6,14H,1-4,7H2,(H,15,16)(H,17,18). The second kappa shape index (κ2) is 5.02. The molecule has 0 spiro atoms. The van der Waals surface area contributed by atoms with Crippen molar-refractivity contribution in [1.29, 1.82) is 0 Å². The molecule has 1 fully saturated rings. The molecule has 1 amide bonds.